The summed E-state index contributed by atoms with van der Waals surface area (Å²) in [6.07, 6.45) is 0. The molecule has 1 atom stereocenters. The van der Waals surface area contributed by atoms with Crippen LogP contribution < -0.4 is 9.47 Å². The number of hydrogen-bond acceptors (Lipinski definition) is 3. The Labute approximate surface area is 133 Å². The number of ether oxygens (including phenoxy) is 2. The lowest BCUT2D eigenvalue weighted by atomic mass is 10.0. The van der Waals surface area contributed by atoms with Gasteiger partial charge in [-0.25, -0.2) is 0 Å². The molecule has 4 heteroatoms. The Bertz CT molecular complexity index is 545. The lowest BCUT2D eigenvalue weighted by Gasteiger charge is -2.17. The highest BCUT2D eigenvalue weighted by molar-refractivity contribution is 9.10. The van der Waals surface area contributed by atoms with Gasteiger partial charge in [0.1, 0.15) is 11.5 Å². The highest BCUT2D eigenvalue weighted by atomic mass is 79.9. The first kappa shape index (κ1) is 15.3. The molecule has 0 radical (unpaired) electrons. The van der Waals surface area contributed by atoms with E-state index in [1.54, 1.807) is 7.11 Å². The molecule has 2 nitrogen and oxygen atoms in total. The molecule has 0 saturated heterocycles. The molecular formula is C16H17BrO2S. The predicted octanol–water partition coefficient (Wildman–Crippen LogP) is 4.55. The Morgan fingerprint density at radius 3 is 2.50 bits per heavy atom. The van der Waals surface area contributed by atoms with Crippen molar-refractivity contribution in [3.63, 3.8) is 0 Å². The molecule has 0 aliphatic heterocycles. The van der Waals surface area contributed by atoms with Gasteiger partial charge in [0, 0.05) is 11.7 Å². The molecule has 106 valence electrons. The van der Waals surface area contributed by atoms with Crippen LogP contribution in [0.3, 0.4) is 0 Å². The Kier molecular flexibility index (Phi) is 5.80. The molecule has 0 saturated carbocycles. The van der Waals surface area contributed by atoms with Gasteiger partial charge in [-0.15, -0.1) is 0 Å². The maximum atomic E-state index is 5.89. The highest BCUT2D eigenvalue weighted by Gasteiger charge is 2.11. The number of methoxy groups -OCH3 is 1. The van der Waals surface area contributed by atoms with E-state index in [0.717, 1.165) is 21.7 Å². The quantitative estimate of drug-likeness (QED) is 0.768. The van der Waals surface area contributed by atoms with Crippen molar-refractivity contribution in [3.8, 4) is 11.5 Å². The molecule has 0 fully saturated rings. The Balaban J connectivity index is 2.03. The topological polar surface area (TPSA) is 18.5 Å². The summed E-state index contributed by atoms with van der Waals surface area (Å²) >= 11 is 7.91. The van der Waals surface area contributed by atoms with Gasteiger partial charge in [0.15, 0.2) is 0 Å². The SMILES string of the molecule is COc1ccc(OCC(CS)c2ccccc2)c(Br)c1. The summed E-state index contributed by atoms with van der Waals surface area (Å²) < 4.78 is 12.0. The number of hydrogen-bond donors (Lipinski definition) is 1. The van der Waals surface area contributed by atoms with Gasteiger partial charge in [-0.05, 0) is 39.7 Å². The Morgan fingerprint density at radius 2 is 1.90 bits per heavy atom. The van der Waals surface area contributed by atoms with Crippen LogP contribution in [0, 0.1) is 0 Å². The van der Waals surface area contributed by atoms with E-state index in [-0.39, 0.29) is 5.92 Å². The van der Waals surface area contributed by atoms with E-state index < -0.39 is 0 Å². The van der Waals surface area contributed by atoms with E-state index >= 15 is 0 Å². The molecule has 0 bridgehead atoms. The molecule has 0 N–H and O–H groups in total. The van der Waals surface area contributed by atoms with E-state index in [2.05, 4.69) is 40.7 Å². The molecule has 2 rings (SSSR count). The standard InChI is InChI=1S/C16H17BrO2S/c1-18-14-7-8-16(15(17)9-14)19-10-13(11-20)12-5-3-2-4-6-12/h2-9,13,20H,10-11H2,1H3. The van der Waals surface area contributed by atoms with Crippen molar-refractivity contribution in [2.75, 3.05) is 19.5 Å². The van der Waals surface area contributed by atoms with E-state index in [1.807, 2.05) is 36.4 Å². The Morgan fingerprint density at radius 1 is 1.15 bits per heavy atom. The minimum absolute atomic E-state index is 0.272. The molecule has 0 spiro atoms. The summed E-state index contributed by atoms with van der Waals surface area (Å²) in [5.41, 5.74) is 1.24. The van der Waals surface area contributed by atoms with E-state index in [1.165, 1.54) is 5.56 Å². The van der Waals surface area contributed by atoms with Crippen molar-refractivity contribution in [2.24, 2.45) is 0 Å². The van der Waals surface area contributed by atoms with Crippen molar-refractivity contribution in [1.82, 2.24) is 0 Å². The molecule has 0 heterocycles. The second-order valence-corrected chi connectivity index (χ2v) is 5.62. The largest absolute Gasteiger partial charge is 0.497 e. The summed E-state index contributed by atoms with van der Waals surface area (Å²) in [5.74, 6) is 2.64. The summed E-state index contributed by atoms with van der Waals surface area (Å²) in [7, 11) is 1.65. The van der Waals surface area contributed by atoms with E-state index in [4.69, 9.17) is 9.47 Å². The van der Waals surface area contributed by atoms with Crippen LogP contribution in [0.1, 0.15) is 11.5 Å². The normalized spacial score (nSPS) is 11.9. The molecule has 0 aliphatic carbocycles. The van der Waals surface area contributed by atoms with Gasteiger partial charge in [-0.3, -0.25) is 0 Å². The van der Waals surface area contributed by atoms with Gasteiger partial charge in [-0.1, -0.05) is 30.3 Å². The first-order valence-electron chi connectivity index (χ1n) is 6.36. The number of thiol groups is 1. The summed E-state index contributed by atoms with van der Waals surface area (Å²) in [4.78, 5) is 0. The zero-order valence-corrected chi connectivity index (χ0v) is 13.7. The van der Waals surface area contributed by atoms with Crippen LogP contribution in [0.25, 0.3) is 0 Å². The molecule has 20 heavy (non-hydrogen) atoms. The van der Waals surface area contributed by atoms with Gasteiger partial charge >= 0.3 is 0 Å². The van der Waals surface area contributed by atoms with Crippen molar-refractivity contribution in [3.05, 3.63) is 58.6 Å². The summed E-state index contributed by atoms with van der Waals surface area (Å²) in [6, 6.07) is 16.0. The first-order valence-corrected chi connectivity index (χ1v) is 7.79. The van der Waals surface area contributed by atoms with Crippen LogP contribution in [0.4, 0.5) is 0 Å². The Hall–Kier alpha value is -1.13. The zero-order chi connectivity index (χ0) is 14.4. The molecule has 2 aromatic carbocycles. The second-order valence-electron chi connectivity index (χ2n) is 4.40. The number of rotatable bonds is 6. The monoisotopic (exact) mass is 352 g/mol. The average molecular weight is 353 g/mol. The van der Waals surface area contributed by atoms with Crippen molar-refractivity contribution in [1.29, 1.82) is 0 Å². The smallest absolute Gasteiger partial charge is 0.133 e. The molecule has 0 aromatic heterocycles. The average Bonchev–Trinajstić information content (AvgIpc) is 2.50. The van der Waals surface area contributed by atoms with Gasteiger partial charge in [0.05, 0.1) is 18.2 Å². The fourth-order valence-electron chi connectivity index (χ4n) is 1.90. The fourth-order valence-corrected chi connectivity index (χ4v) is 2.68. The van der Waals surface area contributed by atoms with Gasteiger partial charge in [0.2, 0.25) is 0 Å². The third-order valence-electron chi connectivity index (χ3n) is 3.07. The highest BCUT2D eigenvalue weighted by Crippen LogP contribution is 2.30. The molecule has 0 amide bonds. The number of benzene rings is 2. The second kappa shape index (κ2) is 7.60. The van der Waals surface area contributed by atoms with E-state index in [0.29, 0.717) is 6.61 Å². The minimum atomic E-state index is 0.272. The van der Waals surface area contributed by atoms with E-state index in [9.17, 15) is 0 Å². The van der Waals surface area contributed by atoms with Gasteiger partial charge < -0.3 is 9.47 Å². The summed E-state index contributed by atoms with van der Waals surface area (Å²) in [6.45, 7) is 0.596. The predicted molar refractivity (Wildman–Crippen MR) is 89.2 cm³/mol. The van der Waals surface area contributed by atoms with Crippen LogP contribution in [-0.2, 0) is 0 Å². The minimum Gasteiger partial charge on any atom is -0.497 e. The zero-order valence-electron chi connectivity index (χ0n) is 11.3. The maximum Gasteiger partial charge on any atom is 0.133 e. The maximum absolute atomic E-state index is 5.89. The lowest BCUT2D eigenvalue weighted by molar-refractivity contribution is 0.295. The van der Waals surface area contributed by atoms with Crippen LogP contribution >= 0.6 is 28.6 Å². The molecule has 2 aromatic rings. The van der Waals surface area contributed by atoms with Crippen molar-refractivity contribution < 1.29 is 9.47 Å². The van der Waals surface area contributed by atoms with Crippen molar-refractivity contribution >= 4 is 28.6 Å². The van der Waals surface area contributed by atoms with Crippen molar-refractivity contribution in [2.45, 2.75) is 5.92 Å². The van der Waals surface area contributed by atoms with Crippen LogP contribution in [0.2, 0.25) is 0 Å². The third kappa shape index (κ3) is 3.93. The van der Waals surface area contributed by atoms with Crippen LogP contribution in [0.5, 0.6) is 11.5 Å². The van der Waals surface area contributed by atoms with Crippen LogP contribution in [-0.4, -0.2) is 19.5 Å². The molecule has 0 aliphatic rings. The number of halogens is 1. The lowest BCUT2D eigenvalue weighted by Crippen LogP contribution is -2.12. The molecular weight excluding hydrogens is 336 g/mol. The first-order chi connectivity index (χ1) is 9.74. The van der Waals surface area contributed by atoms with Gasteiger partial charge in [-0.2, -0.15) is 12.6 Å². The molecule has 1 unspecified atom stereocenters. The van der Waals surface area contributed by atoms with Gasteiger partial charge in [0.25, 0.3) is 0 Å². The van der Waals surface area contributed by atoms with Crippen LogP contribution in [0.15, 0.2) is 53.0 Å². The fraction of sp³-hybridized carbons (Fsp3) is 0.250. The summed E-state index contributed by atoms with van der Waals surface area (Å²) in [5, 5.41) is 0. The third-order valence-corrected chi connectivity index (χ3v) is 4.13.